The van der Waals surface area contributed by atoms with Crippen molar-refractivity contribution in [1.82, 2.24) is 25.5 Å². The van der Waals surface area contributed by atoms with E-state index < -0.39 is 0 Å². The van der Waals surface area contributed by atoms with Crippen molar-refractivity contribution in [2.75, 3.05) is 18.0 Å². The Balaban J connectivity index is 1.63. The van der Waals surface area contributed by atoms with E-state index in [1.165, 1.54) is 5.56 Å². The molecular formula is C19H28N6O. The van der Waals surface area contributed by atoms with Crippen LogP contribution in [0.4, 0.5) is 5.95 Å². The van der Waals surface area contributed by atoms with Gasteiger partial charge in [0.25, 0.3) is 0 Å². The van der Waals surface area contributed by atoms with Gasteiger partial charge in [-0.3, -0.25) is 4.79 Å². The molecule has 0 spiro atoms. The summed E-state index contributed by atoms with van der Waals surface area (Å²) in [4.78, 5) is 14.6. The zero-order valence-corrected chi connectivity index (χ0v) is 16.0. The van der Waals surface area contributed by atoms with Gasteiger partial charge in [-0.25, -0.2) is 0 Å². The molecule has 3 rings (SSSR count). The summed E-state index contributed by atoms with van der Waals surface area (Å²) in [5.74, 6) is 1.42. The van der Waals surface area contributed by atoms with Crippen LogP contribution in [0.1, 0.15) is 39.2 Å². The molecule has 1 fully saturated rings. The van der Waals surface area contributed by atoms with Crippen molar-refractivity contribution in [2.45, 2.75) is 46.6 Å². The van der Waals surface area contributed by atoms with Gasteiger partial charge in [-0.15, -0.1) is 0 Å². The minimum atomic E-state index is 0.0659. The van der Waals surface area contributed by atoms with Crippen LogP contribution >= 0.6 is 0 Å². The van der Waals surface area contributed by atoms with Crippen LogP contribution in [-0.2, 0) is 4.79 Å². The van der Waals surface area contributed by atoms with Crippen LogP contribution < -0.4 is 10.2 Å². The normalized spacial score (nSPS) is 16.7. The fourth-order valence-corrected chi connectivity index (χ4v) is 3.08. The summed E-state index contributed by atoms with van der Waals surface area (Å²) in [5.41, 5.74) is 2.15. The first-order valence-corrected chi connectivity index (χ1v) is 9.36. The Morgan fingerprint density at radius 2 is 1.81 bits per heavy atom. The van der Waals surface area contributed by atoms with Crippen LogP contribution in [0.2, 0.25) is 0 Å². The number of hydrogen-bond donors (Lipinski definition) is 1. The predicted molar refractivity (Wildman–Crippen MR) is 101 cm³/mol. The minimum absolute atomic E-state index is 0.0659. The van der Waals surface area contributed by atoms with Crippen LogP contribution in [0.15, 0.2) is 24.3 Å². The number of aromatic nitrogens is 4. The Hall–Kier alpha value is -2.44. The molecule has 26 heavy (non-hydrogen) atoms. The lowest BCUT2D eigenvalue weighted by Gasteiger charge is -2.32. The molecule has 1 amide bonds. The number of nitrogens with one attached hydrogen (secondary N) is 1. The van der Waals surface area contributed by atoms with E-state index in [9.17, 15) is 4.79 Å². The molecule has 0 radical (unpaired) electrons. The van der Waals surface area contributed by atoms with Gasteiger partial charge in [0.1, 0.15) is 0 Å². The van der Waals surface area contributed by atoms with E-state index in [2.05, 4.69) is 53.4 Å². The second-order valence-electron chi connectivity index (χ2n) is 7.53. The van der Waals surface area contributed by atoms with Gasteiger partial charge in [0.15, 0.2) is 0 Å². The largest absolute Gasteiger partial charge is 0.353 e. The fraction of sp³-hybridized carbons (Fsp3) is 0.579. The first-order valence-electron chi connectivity index (χ1n) is 9.36. The molecule has 7 nitrogen and oxygen atoms in total. The van der Waals surface area contributed by atoms with E-state index in [1.54, 1.807) is 4.68 Å². The molecule has 1 N–H and O–H groups in total. The highest BCUT2D eigenvalue weighted by Crippen LogP contribution is 2.23. The molecule has 1 aliphatic heterocycles. The van der Waals surface area contributed by atoms with Gasteiger partial charge in [0.2, 0.25) is 11.9 Å². The molecule has 2 aromatic rings. The quantitative estimate of drug-likeness (QED) is 0.890. The molecule has 140 valence electrons. The zero-order valence-electron chi connectivity index (χ0n) is 16.0. The Bertz CT molecular complexity index is 731. The van der Waals surface area contributed by atoms with Gasteiger partial charge < -0.3 is 10.2 Å². The fourth-order valence-electron chi connectivity index (χ4n) is 3.08. The first-order chi connectivity index (χ1) is 12.5. The molecule has 1 aromatic carbocycles. The second-order valence-corrected chi connectivity index (χ2v) is 7.53. The molecule has 0 saturated carbocycles. The van der Waals surface area contributed by atoms with E-state index >= 15 is 0 Å². The summed E-state index contributed by atoms with van der Waals surface area (Å²) in [6, 6.07) is 8.33. The predicted octanol–water partition coefficient (Wildman–Crippen LogP) is 2.35. The topological polar surface area (TPSA) is 75.9 Å². The zero-order chi connectivity index (χ0) is 18.7. The van der Waals surface area contributed by atoms with Crippen LogP contribution in [0, 0.1) is 18.8 Å². The van der Waals surface area contributed by atoms with Gasteiger partial charge in [-0.1, -0.05) is 36.6 Å². The summed E-state index contributed by atoms with van der Waals surface area (Å²) < 4.78 is 1.76. The molecule has 1 aromatic heterocycles. The van der Waals surface area contributed by atoms with Gasteiger partial charge in [0, 0.05) is 25.0 Å². The highest BCUT2D eigenvalue weighted by atomic mass is 16.1. The molecule has 0 bridgehead atoms. The van der Waals surface area contributed by atoms with Gasteiger partial charge in [-0.05, 0) is 55.2 Å². The Kier molecular flexibility index (Phi) is 5.54. The van der Waals surface area contributed by atoms with E-state index in [-0.39, 0.29) is 17.9 Å². The van der Waals surface area contributed by atoms with E-state index in [4.69, 9.17) is 0 Å². The van der Waals surface area contributed by atoms with Gasteiger partial charge >= 0.3 is 0 Å². The number of rotatable bonds is 5. The monoisotopic (exact) mass is 356 g/mol. The smallest absolute Gasteiger partial charge is 0.250 e. The third kappa shape index (κ3) is 4.03. The van der Waals surface area contributed by atoms with Crippen molar-refractivity contribution in [1.29, 1.82) is 0 Å². The molecule has 2 heterocycles. The highest BCUT2D eigenvalue weighted by molar-refractivity contribution is 5.79. The number of nitrogens with zero attached hydrogens (tertiary/aromatic N) is 5. The number of tetrazole rings is 1. The maximum atomic E-state index is 12.5. The van der Waals surface area contributed by atoms with E-state index in [1.807, 2.05) is 24.3 Å². The Morgan fingerprint density at radius 3 is 2.42 bits per heavy atom. The number of carbonyl (C=O) groups is 1. The molecule has 1 atom stereocenters. The SMILES string of the molecule is Cc1ccc(-n2nnnc2N2CCC(C(=O)NC(C)C(C)C)CC2)cc1. The average molecular weight is 356 g/mol. The van der Waals surface area contributed by atoms with Crippen molar-refractivity contribution in [2.24, 2.45) is 11.8 Å². The van der Waals surface area contributed by atoms with Gasteiger partial charge in [-0.2, -0.15) is 4.68 Å². The summed E-state index contributed by atoms with van der Waals surface area (Å²) in [6.07, 6.45) is 1.63. The van der Waals surface area contributed by atoms with Crippen molar-refractivity contribution >= 4 is 11.9 Å². The minimum Gasteiger partial charge on any atom is -0.353 e. The molecule has 1 saturated heterocycles. The Labute approximate surface area is 154 Å². The van der Waals surface area contributed by atoms with Crippen LogP contribution in [0.5, 0.6) is 0 Å². The summed E-state index contributed by atoms with van der Waals surface area (Å²) in [5, 5.41) is 15.3. The number of piperidine rings is 1. The summed E-state index contributed by atoms with van der Waals surface area (Å²) >= 11 is 0. The van der Waals surface area contributed by atoms with Crippen LogP contribution in [0.25, 0.3) is 5.69 Å². The molecular weight excluding hydrogens is 328 g/mol. The number of hydrogen-bond acceptors (Lipinski definition) is 5. The standard InChI is InChI=1S/C19H28N6O/c1-13(2)15(4)20-18(26)16-9-11-24(12-10-16)19-21-22-23-25(19)17-7-5-14(3)6-8-17/h5-8,13,15-16H,9-12H2,1-4H3,(H,20,26). The molecule has 7 heteroatoms. The highest BCUT2D eigenvalue weighted by Gasteiger charge is 2.28. The van der Waals surface area contributed by atoms with Gasteiger partial charge in [0.05, 0.1) is 5.69 Å². The van der Waals surface area contributed by atoms with Crippen LogP contribution in [-0.4, -0.2) is 45.2 Å². The number of aryl methyl sites for hydroxylation is 1. The maximum Gasteiger partial charge on any atom is 0.250 e. The Morgan fingerprint density at radius 1 is 1.15 bits per heavy atom. The lowest BCUT2D eigenvalue weighted by molar-refractivity contribution is -0.126. The lowest BCUT2D eigenvalue weighted by Crippen LogP contribution is -2.45. The third-order valence-corrected chi connectivity index (χ3v) is 5.25. The first kappa shape index (κ1) is 18.4. The summed E-state index contributed by atoms with van der Waals surface area (Å²) in [6.45, 7) is 9.92. The van der Waals surface area contributed by atoms with Crippen molar-refractivity contribution in [3.63, 3.8) is 0 Å². The summed E-state index contributed by atoms with van der Waals surface area (Å²) in [7, 11) is 0. The van der Waals surface area contributed by atoms with E-state index in [0.717, 1.165) is 37.6 Å². The van der Waals surface area contributed by atoms with Crippen molar-refractivity contribution < 1.29 is 4.79 Å². The molecule has 1 aliphatic rings. The lowest BCUT2D eigenvalue weighted by atomic mass is 9.95. The third-order valence-electron chi connectivity index (χ3n) is 5.25. The maximum absolute atomic E-state index is 12.5. The number of carbonyl (C=O) groups excluding carboxylic acids is 1. The number of anilines is 1. The number of amides is 1. The average Bonchev–Trinajstić information content (AvgIpc) is 3.12. The van der Waals surface area contributed by atoms with E-state index in [0.29, 0.717) is 5.92 Å². The second kappa shape index (κ2) is 7.85. The number of benzene rings is 1. The molecule has 0 aliphatic carbocycles. The van der Waals surface area contributed by atoms with Crippen molar-refractivity contribution in [3.05, 3.63) is 29.8 Å². The molecule has 1 unspecified atom stereocenters. The van der Waals surface area contributed by atoms with Crippen LogP contribution in [0.3, 0.4) is 0 Å². The van der Waals surface area contributed by atoms with Crippen molar-refractivity contribution in [3.8, 4) is 5.69 Å².